The predicted molar refractivity (Wildman–Crippen MR) is 130 cm³/mol. The summed E-state index contributed by atoms with van der Waals surface area (Å²) in [6.07, 6.45) is 1.71. The van der Waals surface area contributed by atoms with Crippen LogP contribution >= 0.6 is 11.6 Å². The molecule has 1 N–H and O–H groups in total. The number of para-hydroxylation sites is 1. The fourth-order valence-corrected chi connectivity index (χ4v) is 3.94. The Morgan fingerprint density at radius 1 is 1.09 bits per heavy atom. The van der Waals surface area contributed by atoms with Crippen LogP contribution in [-0.4, -0.2) is 23.3 Å². The third kappa shape index (κ3) is 4.68. The molecule has 162 valence electrons. The molecule has 4 aromatic rings. The Balaban J connectivity index is 1.57. The van der Waals surface area contributed by atoms with E-state index in [9.17, 15) is 4.79 Å². The largest absolute Gasteiger partial charge is 0.494 e. The first kappa shape index (κ1) is 21.7. The standard InChI is InChI=1S/C26H24ClN3O2/c1-3-32-22-13-11-20(12-14-22)26(31)29-28-16-24-18(2)30(25-10-5-4-9-23(24)25)17-19-7-6-8-21(27)15-19/h4-16H,3,17H2,1-2H3,(H,29,31)/b28-16+. The smallest absolute Gasteiger partial charge is 0.271 e. The van der Waals surface area contributed by atoms with Crippen LogP contribution in [-0.2, 0) is 6.54 Å². The number of hydrogen-bond acceptors (Lipinski definition) is 3. The van der Waals surface area contributed by atoms with E-state index in [4.69, 9.17) is 16.3 Å². The van der Waals surface area contributed by atoms with Crippen LogP contribution in [0, 0.1) is 6.92 Å². The van der Waals surface area contributed by atoms with E-state index in [0.717, 1.165) is 38.5 Å². The van der Waals surface area contributed by atoms with Gasteiger partial charge in [0.1, 0.15) is 5.75 Å². The molecule has 1 aromatic heterocycles. The van der Waals surface area contributed by atoms with Crippen molar-refractivity contribution in [1.29, 1.82) is 0 Å². The molecular weight excluding hydrogens is 422 g/mol. The van der Waals surface area contributed by atoms with Crippen LogP contribution in [0.3, 0.4) is 0 Å². The molecule has 5 nitrogen and oxygen atoms in total. The van der Waals surface area contributed by atoms with Crippen molar-refractivity contribution < 1.29 is 9.53 Å². The van der Waals surface area contributed by atoms with Crippen molar-refractivity contribution in [2.75, 3.05) is 6.61 Å². The molecule has 0 saturated heterocycles. The summed E-state index contributed by atoms with van der Waals surface area (Å²) < 4.78 is 7.65. The minimum Gasteiger partial charge on any atom is -0.494 e. The van der Waals surface area contributed by atoms with Gasteiger partial charge in [-0.3, -0.25) is 4.79 Å². The lowest BCUT2D eigenvalue weighted by Crippen LogP contribution is -2.17. The van der Waals surface area contributed by atoms with Crippen molar-refractivity contribution in [3.8, 4) is 5.75 Å². The first-order valence-corrected chi connectivity index (χ1v) is 10.8. The van der Waals surface area contributed by atoms with Crippen LogP contribution in [0.4, 0.5) is 0 Å². The maximum Gasteiger partial charge on any atom is 0.271 e. The van der Waals surface area contributed by atoms with Crippen LogP contribution in [0.15, 0.2) is 77.9 Å². The van der Waals surface area contributed by atoms with Crippen LogP contribution in [0.5, 0.6) is 5.75 Å². The number of benzene rings is 3. The lowest BCUT2D eigenvalue weighted by Gasteiger charge is -2.09. The van der Waals surface area contributed by atoms with E-state index in [1.807, 2.05) is 37.3 Å². The molecule has 1 amide bonds. The lowest BCUT2D eigenvalue weighted by molar-refractivity contribution is 0.0955. The summed E-state index contributed by atoms with van der Waals surface area (Å²) in [5.41, 5.74) is 7.39. The number of rotatable bonds is 7. The van der Waals surface area contributed by atoms with Crippen LogP contribution in [0.2, 0.25) is 5.02 Å². The zero-order valence-electron chi connectivity index (χ0n) is 18.0. The number of carbonyl (C=O) groups is 1. The minimum atomic E-state index is -0.274. The molecule has 6 heteroatoms. The van der Waals surface area contributed by atoms with Crippen molar-refractivity contribution >= 4 is 34.6 Å². The van der Waals surface area contributed by atoms with Gasteiger partial charge in [-0.15, -0.1) is 0 Å². The van der Waals surface area contributed by atoms with E-state index in [1.165, 1.54) is 0 Å². The summed E-state index contributed by atoms with van der Waals surface area (Å²) in [7, 11) is 0. The molecule has 0 aliphatic heterocycles. The molecule has 32 heavy (non-hydrogen) atoms. The molecule has 0 aliphatic carbocycles. The molecular formula is C26H24ClN3O2. The summed E-state index contributed by atoms with van der Waals surface area (Å²) >= 11 is 6.17. The summed E-state index contributed by atoms with van der Waals surface area (Å²) in [5.74, 6) is 0.459. The number of ether oxygens (including phenoxy) is 1. The van der Waals surface area contributed by atoms with Gasteiger partial charge in [-0.2, -0.15) is 5.10 Å². The molecule has 1 heterocycles. The van der Waals surface area contributed by atoms with Crippen molar-refractivity contribution in [3.05, 3.63) is 100 Å². The molecule has 0 unspecified atom stereocenters. The summed E-state index contributed by atoms with van der Waals surface area (Å²) in [6, 6.07) is 23.0. The van der Waals surface area contributed by atoms with Crippen LogP contribution in [0.1, 0.15) is 34.1 Å². The Morgan fingerprint density at radius 2 is 1.88 bits per heavy atom. The highest BCUT2D eigenvalue weighted by molar-refractivity contribution is 6.30. The number of nitrogens with zero attached hydrogens (tertiary/aromatic N) is 2. The van der Waals surface area contributed by atoms with Gasteiger partial charge in [-0.25, -0.2) is 5.43 Å². The normalized spacial score (nSPS) is 11.2. The molecule has 0 atom stereocenters. The Labute approximate surface area is 192 Å². The second kappa shape index (κ2) is 9.71. The van der Waals surface area contributed by atoms with Gasteiger partial charge in [-0.1, -0.05) is 41.9 Å². The second-order valence-electron chi connectivity index (χ2n) is 7.39. The summed E-state index contributed by atoms with van der Waals surface area (Å²) in [4.78, 5) is 12.4. The zero-order valence-corrected chi connectivity index (χ0v) is 18.8. The van der Waals surface area contributed by atoms with Gasteiger partial charge in [0.2, 0.25) is 0 Å². The predicted octanol–water partition coefficient (Wildman–Crippen LogP) is 5.81. The average molecular weight is 446 g/mol. The van der Waals surface area contributed by atoms with Gasteiger partial charge in [0.05, 0.1) is 12.8 Å². The number of hydrogen-bond donors (Lipinski definition) is 1. The molecule has 0 bridgehead atoms. The van der Waals surface area contributed by atoms with E-state index in [2.05, 4.69) is 40.2 Å². The number of carbonyl (C=O) groups excluding carboxylic acids is 1. The van der Waals surface area contributed by atoms with E-state index >= 15 is 0 Å². The van der Waals surface area contributed by atoms with Gasteiger partial charge in [0, 0.05) is 39.3 Å². The highest BCUT2D eigenvalue weighted by atomic mass is 35.5. The van der Waals surface area contributed by atoms with Gasteiger partial charge in [-0.05, 0) is 61.9 Å². The van der Waals surface area contributed by atoms with Crippen molar-refractivity contribution in [1.82, 2.24) is 9.99 Å². The third-order valence-electron chi connectivity index (χ3n) is 5.30. The highest BCUT2D eigenvalue weighted by Gasteiger charge is 2.13. The Kier molecular flexibility index (Phi) is 6.57. The fraction of sp³-hybridized carbons (Fsp3) is 0.154. The SMILES string of the molecule is CCOc1ccc(C(=O)N/N=C/c2c(C)n(Cc3cccc(Cl)c3)c3ccccc23)cc1. The zero-order chi connectivity index (χ0) is 22.5. The van der Waals surface area contributed by atoms with E-state index in [1.54, 1.807) is 30.5 Å². The van der Waals surface area contributed by atoms with Gasteiger partial charge >= 0.3 is 0 Å². The van der Waals surface area contributed by atoms with Crippen molar-refractivity contribution in [2.45, 2.75) is 20.4 Å². The number of aromatic nitrogens is 1. The second-order valence-corrected chi connectivity index (χ2v) is 7.83. The van der Waals surface area contributed by atoms with Gasteiger partial charge in [0.15, 0.2) is 0 Å². The molecule has 0 spiro atoms. The molecule has 0 radical (unpaired) electrons. The Bertz CT molecular complexity index is 1280. The minimum absolute atomic E-state index is 0.274. The number of hydrazone groups is 1. The van der Waals surface area contributed by atoms with Gasteiger partial charge in [0.25, 0.3) is 5.91 Å². The first-order valence-electron chi connectivity index (χ1n) is 10.5. The number of amides is 1. The number of halogens is 1. The van der Waals surface area contributed by atoms with E-state index < -0.39 is 0 Å². The third-order valence-corrected chi connectivity index (χ3v) is 5.53. The monoisotopic (exact) mass is 445 g/mol. The average Bonchev–Trinajstić information content (AvgIpc) is 3.06. The molecule has 3 aromatic carbocycles. The van der Waals surface area contributed by atoms with Gasteiger partial charge < -0.3 is 9.30 Å². The lowest BCUT2D eigenvalue weighted by atomic mass is 10.1. The van der Waals surface area contributed by atoms with Crippen molar-refractivity contribution in [3.63, 3.8) is 0 Å². The number of nitrogens with one attached hydrogen (secondary N) is 1. The topological polar surface area (TPSA) is 55.6 Å². The van der Waals surface area contributed by atoms with E-state index in [0.29, 0.717) is 18.7 Å². The molecule has 0 aliphatic rings. The van der Waals surface area contributed by atoms with Crippen molar-refractivity contribution in [2.24, 2.45) is 5.10 Å². The summed E-state index contributed by atoms with van der Waals surface area (Å²) in [5, 5.41) is 6.02. The fourth-order valence-electron chi connectivity index (χ4n) is 3.73. The quantitative estimate of drug-likeness (QED) is 0.288. The number of fused-ring (bicyclic) bond motifs is 1. The Hall–Kier alpha value is -3.57. The molecule has 0 fully saturated rings. The first-order chi connectivity index (χ1) is 15.6. The maximum absolute atomic E-state index is 12.4. The van der Waals surface area contributed by atoms with Crippen LogP contribution in [0.25, 0.3) is 10.9 Å². The van der Waals surface area contributed by atoms with E-state index in [-0.39, 0.29) is 5.91 Å². The van der Waals surface area contributed by atoms with Crippen LogP contribution < -0.4 is 10.2 Å². The maximum atomic E-state index is 12.4. The molecule has 0 saturated carbocycles. The summed E-state index contributed by atoms with van der Waals surface area (Å²) in [6.45, 7) is 5.25. The Morgan fingerprint density at radius 3 is 2.62 bits per heavy atom. The molecule has 4 rings (SSSR count). The highest BCUT2D eigenvalue weighted by Crippen LogP contribution is 2.26.